The highest BCUT2D eigenvalue weighted by Gasteiger charge is 2.09. The van der Waals surface area contributed by atoms with Crippen molar-refractivity contribution in [2.75, 3.05) is 13.7 Å². The lowest BCUT2D eigenvalue weighted by Crippen LogP contribution is -2.31. The SMILES string of the molecule is COc1ccccc1CC(C)NCCn1c(C)nc2ccccc21. The molecule has 126 valence electrons. The van der Waals surface area contributed by atoms with Gasteiger partial charge in [0.25, 0.3) is 0 Å². The lowest BCUT2D eigenvalue weighted by atomic mass is 10.1. The van der Waals surface area contributed by atoms with Crippen molar-refractivity contribution in [3.63, 3.8) is 0 Å². The highest BCUT2D eigenvalue weighted by Crippen LogP contribution is 2.19. The molecule has 0 aliphatic rings. The third-order valence-corrected chi connectivity index (χ3v) is 4.39. The highest BCUT2D eigenvalue weighted by atomic mass is 16.5. The molecular weight excluding hydrogens is 298 g/mol. The number of para-hydroxylation sites is 3. The summed E-state index contributed by atoms with van der Waals surface area (Å²) in [5.41, 5.74) is 3.51. The van der Waals surface area contributed by atoms with Gasteiger partial charge >= 0.3 is 0 Å². The molecule has 0 aliphatic carbocycles. The molecule has 1 N–H and O–H groups in total. The predicted octanol–water partition coefficient (Wildman–Crippen LogP) is 3.57. The number of imidazole rings is 1. The summed E-state index contributed by atoms with van der Waals surface area (Å²) in [5, 5.41) is 3.61. The van der Waals surface area contributed by atoms with Gasteiger partial charge in [-0.25, -0.2) is 4.98 Å². The van der Waals surface area contributed by atoms with Gasteiger partial charge in [-0.3, -0.25) is 0 Å². The molecule has 3 rings (SSSR count). The van der Waals surface area contributed by atoms with Crippen LogP contribution in [0.25, 0.3) is 11.0 Å². The van der Waals surface area contributed by atoms with E-state index in [0.717, 1.165) is 36.6 Å². The van der Waals surface area contributed by atoms with Gasteiger partial charge in [0, 0.05) is 19.1 Å². The molecule has 4 nitrogen and oxygen atoms in total. The van der Waals surface area contributed by atoms with Gasteiger partial charge in [0.05, 0.1) is 18.1 Å². The van der Waals surface area contributed by atoms with Gasteiger partial charge in [0.15, 0.2) is 0 Å². The molecule has 0 amide bonds. The maximum Gasteiger partial charge on any atom is 0.122 e. The molecule has 2 aromatic carbocycles. The minimum Gasteiger partial charge on any atom is -0.496 e. The van der Waals surface area contributed by atoms with Crippen LogP contribution in [-0.4, -0.2) is 29.2 Å². The standard InChI is InChI=1S/C20H25N3O/c1-15(14-17-8-4-7-11-20(17)24-3)21-12-13-23-16(2)22-18-9-5-6-10-19(18)23/h4-11,15,21H,12-14H2,1-3H3. The summed E-state index contributed by atoms with van der Waals surface area (Å²) in [5.74, 6) is 2.03. The van der Waals surface area contributed by atoms with E-state index >= 15 is 0 Å². The third kappa shape index (κ3) is 3.60. The van der Waals surface area contributed by atoms with Gasteiger partial charge in [0.1, 0.15) is 11.6 Å². The first-order valence-electron chi connectivity index (χ1n) is 8.46. The molecule has 0 radical (unpaired) electrons. The van der Waals surface area contributed by atoms with E-state index in [0.29, 0.717) is 6.04 Å². The number of aryl methyl sites for hydroxylation is 1. The fourth-order valence-electron chi connectivity index (χ4n) is 3.17. The van der Waals surface area contributed by atoms with E-state index < -0.39 is 0 Å². The van der Waals surface area contributed by atoms with E-state index in [1.807, 2.05) is 18.2 Å². The van der Waals surface area contributed by atoms with Crippen molar-refractivity contribution in [2.24, 2.45) is 0 Å². The van der Waals surface area contributed by atoms with Crippen LogP contribution in [0.5, 0.6) is 5.75 Å². The van der Waals surface area contributed by atoms with Gasteiger partial charge in [-0.15, -0.1) is 0 Å². The third-order valence-electron chi connectivity index (χ3n) is 4.39. The topological polar surface area (TPSA) is 39.1 Å². The Morgan fingerprint density at radius 1 is 1.12 bits per heavy atom. The summed E-state index contributed by atoms with van der Waals surface area (Å²) in [6.07, 6.45) is 0.952. The molecular formula is C20H25N3O. The number of nitrogens with one attached hydrogen (secondary N) is 1. The Bertz CT molecular complexity index is 810. The van der Waals surface area contributed by atoms with Crippen molar-refractivity contribution in [1.82, 2.24) is 14.9 Å². The van der Waals surface area contributed by atoms with Gasteiger partial charge < -0.3 is 14.6 Å². The van der Waals surface area contributed by atoms with Crippen molar-refractivity contribution in [3.8, 4) is 5.75 Å². The zero-order valence-electron chi connectivity index (χ0n) is 14.6. The fourth-order valence-corrected chi connectivity index (χ4v) is 3.17. The van der Waals surface area contributed by atoms with Crippen molar-refractivity contribution >= 4 is 11.0 Å². The number of ether oxygens (including phenoxy) is 1. The maximum atomic E-state index is 5.43. The quantitative estimate of drug-likeness (QED) is 0.722. The van der Waals surface area contributed by atoms with Crippen LogP contribution >= 0.6 is 0 Å². The number of hydrogen-bond donors (Lipinski definition) is 1. The molecule has 1 atom stereocenters. The number of methoxy groups -OCH3 is 1. The van der Waals surface area contributed by atoms with Gasteiger partial charge in [-0.2, -0.15) is 0 Å². The van der Waals surface area contributed by atoms with Gasteiger partial charge in [-0.1, -0.05) is 30.3 Å². The first-order chi connectivity index (χ1) is 11.7. The van der Waals surface area contributed by atoms with Crippen LogP contribution in [0.15, 0.2) is 48.5 Å². The molecule has 1 heterocycles. The monoisotopic (exact) mass is 323 g/mol. The van der Waals surface area contributed by atoms with Gasteiger partial charge in [-0.05, 0) is 44.0 Å². The van der Waals surface area contributed by atoms with E-state index in [9.17, 15) is 0 Å². The predicted molar refractivity (Wildman–Crippen MR) is 98.6 cm³/mol. The molecule has 0 saturated carbocycles. The smallest absolute Gasteiger partial charge is 0.122 e. The number of fused-ring (bicyclic) bond motifs is 1. The second kappa shape index (κ2) is 7.49. The molecule has 4 heteroatoms. The lowest BCUT2D eigenvalue weighted by molar-refractivity contribution is 0.405. The second-order valence-electron chi connectivity index (χ2n) is 6.17. The number of nitrogens with zero attached hydrogens (tertiary/aromatic N) is 2. The Morgan fingerprint density at radius 2 is 1.88 bits per heavy atom. The van der Waals surface area contributed by atoms with Crippen LogP contribution < -0.4 is 10.1 Å². The Labute approximate surface area is 143 Å². The Morgan fingerprint density at radius 3 is 2.71 bits per heavy atom. The molecule has 0 fully saturated rings. The average Bonchev–Trinajstić information content (AvgIpc) is 2.91. The van der Waals surface area contributed by atoms with Crippen molar-refractivity contribution in [3.05, 3.63) is 59.9 Å². The van der Waals surface area contributed by atoms with E-state index in [4.69, 9.17) is 4.74 Å². The first kappa shape index (κ1) is 16.5. The number of hydrogen-bond acceptors (Lipinski definition) is 3. The largest absolute Gasteiger partial charge is 0.496 e. The summed E-state index contributed by atoms with van der Waals surface area (Å²) < 4.78 is 7.71. The van der Waals surface area contributed by atoms with E-state index in [-0.39, 0.29) is 0 Å². The second-order valence-corrected chi connectivity index (χ2v) is 6.17. The molecule has 3 aromatic rings. The van der Waals surface area contributed by atoms with Crippen LogP contribution in [-0.2, 0) is 13.0 Å². The van der Waals surface area contributed by atoms with Crippen molar-refractivity contribution < 1.29 is 4.74 Å². The summed E-state index contributed by atoms with van der Waals surface area (Å²) in [7, 11) is 1.73. The average molecular weight is 323 g/mol. The molecule has 0 saturated heterocycles. The van der Waals surface area contributed by atoms with Crippen molar-refractivity contribution in [1.29, 1.82) is 0 Å². The zero-order chi connectivity index (χ0) is 16.9. The summed E-state index contributed by atoms with van der Waals surface area (Å²) in [6.45, 7) is 6.11. The van der Waals surface area contributed by atoms with E-state index in [1.165, 1.54) is 11.1 Å². The highest BCUT2D eigenvalue weighted by molar-refractivity contribution is 5.75. The Kier molecular flexibility index (Phi) is 5.16. The fraction of sp³-hybridized carbons (Fsp3) is 0.350. The molecule has 0 spiro atoms. The molecule has 1 aromatic heterocycles. The van der Waals surface area contributed by atoms with Gasteiger partial charge in [0.2, 0.25) is 0 Å². The Balaban J connectivity index is 1.58. The van der Waals surface area contributed by atoms with Crippen LogP contribution in [0, 0.1) is 6.92 Å². The molecule has 1 unspecified atom stereocenters. The summed E-state index contributed by atoms with van der Waals surface area (Å²) >= 11 is 0. The minimum atomic E-state index is 0.386. The maximum absolute atomic E-state index is 5.43. The lowest BCUT2D eigenvalue weighted by Gasteiger charge is -2.16. The molecule has 24 heavy (non-hydrogen) atoms. The number of rotatable bonds is 7. The van der Waals surface area contributed by atoms with Crippen LogP contribution in [0.3, 0.4) is 0 Å². The molecule has 0 aliphatic heterocycles. The van der Waals surface area contributed by atoms with Crippen molar-refractivity contribution in [2.45, 2.75) is 32.9 Å². The zero-order valence-corrected chi connectivity index (χ0v) is 14.6. The normalized spacial score (nSPS) is 12.5. The Hall–Kier alpha value is -2.33. The van der Waals surface area contributed by atoms with E-state index in [2.05, 4.69) is 59.0 Å². The minimum absolute atomic E-state index is 0.386. The first-order valence-corrected chi connectivity index (χ1v) is 8.46. The van der Waals surface area contributed by atoms with Crippen LogP contribution in [0.1, 0.15) is 18.3 Å². The van der Waals surface area contributed by atoms with Crippen LogP contribution in [0.4, 0.5) is 0 Å². The summed E-state index contributed by atoms with van der Waals surface area (Å²) in [6, 6.07) is 16.9. The summed E-state index contributed by atoms with van der Waals surface area (Å²) in [4.78, 5) is 4.62. The number of aromatic nitrogens is 2. The number of benzene rings is 2. The molecule has 0 bridgehead atoms. The van der Waals surface area contributed by atoms with E-state index in [1.54, 1.807) is 7.11 Å². The van der Waals surface area contributed by atoms with Crippen LogP contribution in [0.2, 0.25) is 0 Å².